The topological polar surface area (TPSA) is 37.7 Å². The van der Waals surface area contributed by atoms with E-state index in [0.29, 0.717) is 12.8 Å². The third-order valence-electron chi connectivity index (χ3n) is 7.36. The highest BCUT2D eigenvalue weighted by atomic mass is 35.5. The van der Waals surface area contributed by atoms with Crippen molar-refractivity contribution in [2.24, 2.45) is 4.99 Å². The average molecular weight is 468 g/mol. The van der Waals surface area contributed by atoms with Crippen LogP contribution in [0.4, 0.5) is 4.39 Å². The summed E-state index contributed by atoms with van der Waals surface area (Å²) in [6, 6.07) is 10.5. The first kappa shape index (κ1) is 22.7. The fraction of sp³-hybridized carbons (Fsp3) is 0.481. The molecule has 0 amide bonds. The Labute approximate surface area is 200 Å². The zero-order valence-electron chi connectivity index (χ0n) is 19.4. The number of likely N-dealkylation sites (tertiary alicyclic amines) is 1. The maximum atomic E-state index is 13.5. The van der Waals surface area contributed by atoms with Gasteiger partial charge in [-0.2, -0.15) is 0 Å². The van der Waals surface area contributed by atoms with Gasteiger partial charge in [-0.3, -0.25) is 14.9 Å². The molecular weight excluding hydrogens is 437 g/mol. The maximum Gasteiger partial charge on any atom is 0.118 e. The molecule has 1 saturated heterocycles. The van der Waals surface area contributed by atoms with Crippen LogP contribution in [-0.2, 0) is 10.3 Å². The van der Waals surface area contributed by atoms with Crippen LogP contribution in [-0.4, -0.2) is 34.7 Å². The van der Waals surface area contributed by atoms with E-state index in [2.05, 4.69) is 35.9 Å². The summed E-state index contributed by atoms with van der Waals surface area (Å²) in [5.74, 6) is -0.123. The number of aromatic nitrogens is 1. The lowest BCUT2D eigenvalue weighted by molar-refractivity contribution is -0.0848. The highest BCUT2D eigenvalue weighted by Gasteiger charge is 2.47. The molecule has 3 aliphatic heterocycles. The van der Waals surface area contributed by atoms with Crippen molar-refractivity contribution in [3.05, 3.63) is 76.0 Å². The molecule has 1 fully saturated rings. The molecule has 0 radical (unpaired) electrons. The van der Waals surface area contributed by atoms with Crippen molar-refractivity contribution in [2.75, 3.05) is 13.1 Å². The van der Waals surface area contributed by atoms with Gasteiger partial charge in [-0.25, -0.2) is 4.39 Å². The minimum Gasteiger partial charge on any atom is -0.356 e. The van der Waals surface area contributed by atoms with Crippen molar-refractivity contribution in [2.45, 2.75) is 70.1 Å². The van der Waals surface area contributed by atoms with E-state index in [4.69, 9.17) is 21.3 Å². The van der Waals surface area contributed by atoms with Gasteiger partial charge in [0.1, 0.15) is 17.5 Å². The van der Waals surface area contributed by atoms with Crippen LogP contribution >= 0.6 is 11.6 Å². The van der Waals surface area contributed by atoms with Gasteiger partial charge in [0.15, 0.2) is 0 Å². The quantitative estimate of drug-likeness (QED) is 0.506. The molecule has 0 saturated carbocycles. The minimum absolute atomic E-state index is 0.123. The zero-order chi connectivity index (χ0) is 23.0. The number of allylic oxidation sites excluding steroid dienone is 1. The molecule has 6 heteroatoms. The van der Waals surface area contributed by atoms with Crippen LogP contribution in [0.25, 0.3) is 0 Å². The average Bonchev–Trinajstić information content (AvgIpc) is 3.12. The van der Waals surface area contributed by atoms with Gasteiger partial charge in [0, 0.05) is 41.5 Å². The number of rotatable bonds is 3. The smallest absolute Gasteiger partial charge is 0.118 e. The van der Waals surface area contributed by atoms with Gasteiger partial charge in [0.05, 0.1) is 11.9 Å². The Morgan fingerprint density at radius 2 is 2.06 bits per heavy atom. The molecule has 4 heterocycles. The molecule has 3 atom stereocenters. The number of fused-ring (bicyclic) bond motifs is 2. The molecule has 0 bridgehead atoms. The lowest BCUT2D eigenvalue weighted by Gasteiger charge is -2.38. The highest BCUT2D eigenvalue weighted by Crippen LogP contribution is 2.50. The summed E-state index contributed by atoms with van der Waals surface area (Å²) < 4.78 is 20.4. The number of benzene rings is 1. The molecule has 174 valence electrons. The summed E-state index contributed by atoms with van der Waals surface area (Å²) >= 11 is 6.40. The summed E-state index contributed by atoms with van der Waals surface area (Å²) in [6.07, 6.45) is 8.26. The molecule has 1 aromatic heterocycles. The number of halogens is 2. The second kappa shape index (κ2) is 9.28. The first-order valence-corrected chi connectivity index (χ1v) is 12.4. The van der Waals surface area contributed by atoms with E-state index in [1.165, 1.54) is 6.20 Å². The molecule has 0 N–H and O–H groups in total. The minimum atomic E-state index is -0.406. The molecule has 3 aliphatic rings. The van der Waals surface area contributed by atoms with Gasteiger partial charge in [0.25, 0.3) is 0 Å². The molecule has 4 nitrogen and oxygen atoms in total. The van der Waals surface area contributed by atoms with Crippen molar-refractivity contribution in [3.8, 4) is 0 Å². The Balaban J connectivity index is 1.43. The number of hydrogen-bond acceptors (Lipinski definition) is 4. The van der Waals surface area contributed by atoms with Crippen LogP contribution in [0.1, 0.15) is 73.9 Å². The molecule has 2 aromatic rings. The fourth-order valence-electron chi connectivity index (χ4n) is 5.60. The first-order chi connectivity index (χ1) is 15.9. The summed E-state index contributed by atoms with van der Waals surface area (Å²) in [5, 5.41) is 0.733. The predicted octanol–water partition coefficient (Wildman–Crippen LogP) is 6.67. The SMILES string of the molecule is Cc1cc(Cl)cc(C2OC3(CCCCN(C(C)C4=NC=C(F)CC4)CC3)c3ncccc32)c1. The summed E-state index contributed by atoms with van der Waals surface area (Å²) in [7, 11) is 0. The summed E-state index contributed by atoms with van der Waals surface area (Å²) in [6.45, 7) is 6.18. The molecule has 33 heavy (non-hydrogen) atoms. The second-order valence-corrected chi connectivity index (χ2v) is 10.0. The van der Waals surface area contributed by atoms with Gasteiger partial charge >= 0.3 is 0 Å². The predicted molar refractivity (Wildman–Crippen MR) is 130 cm³/mol. The Morgan fingerprint density at radius 1 is 1.18 bits per heavy atom. The van der Waals surface area contributed by atoms with E-state index < -0.39 is 5.60 Å². The van der Waals surface area contributed by atoms with Gasteiger partial charge in [-0.05, 0) is 81.8 Å². The van der Waals surface area contributed by atoms with Crippen molar-refractivity contribution >= 4 is 17.3 Å². The molecular formula is C27H31ClFN3O. The van der Waals surface area contributed by atoms with Gasteiger partial charge in [-0.1, -0.05) is 23.7 Å². The van der Waals surface area contributed by atoms with Crippen molar-refractivity contribution in [1.29, 1.82) is 0 Å². The van der Waals surface area contributed by atoms with Crippen LogP contribution in [0.15, 0.2) is 53.5 Å². The molecule has 1 aromatic carbocycles. The Hall–Kier alpha value is -2.08. The molecule has 1 spiro atoms. The third kappa shape index (κ3) is 4.51. The van der Waals surface area contributed by atoms with Crippen LogP contribution in [0.5, 0.6) is 0 Å². The number of hydrogen-bond donors (Lipinski definition) is 0. The lowest BCUT2D eigenvalue weighted by Crippen LogP contribution is -2.44. The zero-order valence-corrected chi connectivity index (χ0v) is 20.1. The number of nitrogens with zero attached hydrogens (tertiary/aromatic N) is 3. The largest absolute Gasteiger partial charge is 0.356 e. The Morgan fingerprint density at radius 3 is 2.85 bits per heavy atom. The Bertz CT molecular complexity index is 1080. The number of aliphatic imine (C=N–C) groups is 1. The van der Waals surface area contributed by atoms with Gasteiger partial charge in [-0.15, -0.1) is 0 Å². The number of pyridine rings is 1. The van der Waals surface area contributed by atoms with Crippen molar-refractivity contribution in [1.82, 2.24) is 9.88 Å². The molecule has 0 aliphatic carbocycles. The van der Waals surface area contributed by atoms with Crippen LogP contribution < -0.4 is 0 Å². The standard InChI is InChI=1S/C27H31ClFN3O/c1-18-14-20(16-21(28)15-18)25-23-6-5-11-30-26(23)27(33-25)9-3-4-12-32(13-10-27)19(2)24-8-7-22(29)17-31-24/h5-6,11,14-17,19,25H,3-4,7-10,12-13H2,1-2H3. The van der Waals surface area contributed by atoms with Crippen LogP contribution in [0.3, 0.4) is 0 Å². The second-order valence-electron chi connectivity index (χ2n) is 9.61. The van der Waals surface area contributed by atoms with E-state index in [-0.39, 0.29) is 18.0 Å². The molecule has 3 unspecified atom stereocenters. The van der Waals surface area contributed by atoms with Crippen molar-refractivity contribution < 1.29 is 9.13 Å². The van der Waals surface area contributed by atoms with Gasteiger partial charge in [0.2, 0.25) is 0 Å². The highest BCUT2D eigenvalue weighted by molar-refractivity contribution is 6.30. The summed E-state index contributed by atoms with van der Waals surface area (Å²) in [4.78, 5) is 11.7. The monoisotopic (exact) mass is 467 g/mol. The van der Waals surface area contributed by atoms with Crippen LogP contribution in [0, 0.1) is 6.92 Å². The number of ether oxygens (including phenoxy) is 1. The third-order valence-corrected chi connectivity index (χ3v) is 7.58. The van der Waals surface area contributed by atoms with Crippen molar-refractivity contribution in [3.63, 3.8) is 0 Å². The van der Waals surface area contributed by atoms with E-state index in [0.717, 1.165) is 71.9 Å². The Kier molecular flexibility index (Phi) is 6.39. The van der Waals surface area contributed by atoms with E-state index in [1.807, 2.05) is 24.4 Å². The fourth-order valence-corrected chi connectivity index (χ4v) is 5.90. The number of aryl methyl sites for hydroxylation is 1. The normalized spacial score (nSPS) is 26.8. The van der Waals surface area contributed by atoms with E-state index in [1.54, 1.807) is 0 Å². The lowest BCUT2D eigenvalue weighted by atomic mass is 9.86. The van der Waals surface area contributed by atoms with Crippen LogP contribution in [0.2, 0.25) is 5.02 Å². The first-order valence-electron chi connectivity index (χ1n) is 12.0. The maximum absolute atomic E-state index is 13.5. The van der Waals surface area contributed by atoms with E-state index in [9.17, 15) is 4.39 Å². The van der Waals surface area contributed by atoms with E-state index >= 15 is 0 Å². The summed E-state index contributed by atoms with van der Waals surface area (Å²) in [5.41, 5.74) is 5.10. The van der Waals surface area contributed by atoms with Gasteiger partial charge < -0.3 is 4.74 Å². The molecule has 5 rings (SSSR count).